The summed E-state index contributed by atoms with van der Waals surface area (Å²) in [6.07, 6.45) is 3.91. The third-order valence-electron chi connectivity index (χ3n) is 7.64. The van der Waals surface area contributed by atoms with Gasteiger partial charge < -0.3 is 5.11 Å². The largest absolute Gasteiger partial charge is 0.508 e. The van der Waals surface area contributed by atoms with Crippen molar-refractivity contribution < 1.29 is 24.3 Å². The van der Waals surface area contributed by atoms with Crippen LogP contribution in [0.2, 0.25) is 0 Å². The second-order valence-corrected chi connectivity index (χ2v) is 11.6. The molecule has 2 aromatic carbocycles. The molecular weight excluding hydrogens is 637 g/mol. The Hall–Kier alpha value is -2.85. The van der Waals surface area contributed by atoms with Crippen molar-refractivity contribution >= 4 is 67.6 Å². The van der Waals surface area contributed by atoms with E-state index in [1.807, 2.05) is 18.2 Å². The Labute approximate surface area is 229 Å². The number of halogens is 2. The predicted molar refractivity (Wildman–Crippen MR) is 144 cm³/mol. The van der Waals surface area contributed by atoms with E-state index in [0.29, 0.717) is 23.3 Å². The van der Waals surface area contributed by atoms with Gasteiger partial charge in [0.15, 0.2) is 11.6 Å². The first-order valence-electron chi connectivity index (χ1n) is 11.6. The van der Waals surface area contributed by atoms with Crippen LogP contribution in [-0.4, -0.2) is 28.5 Å². The van der Waals surface area contributed by atoms with E-state index in [4.69, 9.17) is 0 Å². The molecule has 1 fully saturated rings. The van der Waals surface area contributed by atoms with Crippen LogP contribution in [0.25, 0.3) is 0 Å². The average Bonchev–Trinajstić information content (AvgIpc) is 3.12. The summed E-state index contributed by atoms with van der Waals surface area (Å²) in [6.45, 7) is 0. The number of aromatic hydroxyl groups is 1. The summed E-state index contributed by atoms with van der Waals surface area (Å²) in [7, 11) is 0. The van der Waals surface area contributed by atoms with Crippen LogP contribution in [0.4, 0.5) is 5.69 Å². The van der Waals surface area contributed by atoms with Crippen molar-refractivity contribution in [2.75, 3.05) is 4.90 Å². The maximum absolute atomic E-state index is 13.8. The molecule has 6 rings (SSSR count). The summed E-state index contributed by atoms with van der Waals surface area (Å²) in [5, 5.41) is 9.84. The molecule has 4 atom stereocenters. The molecule has 6 nitrogen and oxygen atoms in total. The number of fused-ring (bicyclic) bond motifs is 3. The third-order valence-corrected chi connectivity index (χ3v) is 8.95. The molecule has 0 saturated carbocycles. The fourth-order valence-corrected chi connectivity index (χ4v) is 6.90. The number of rotatable bonds is 2. The molecule has 1 N–H and O–H groups in total. The van der Waals surface area contributed by atoms with Gasteiger partial charge in [-0.2, -0.15) is 0 Å². The lowest BCUT2D eigenvalue weighted by Crippen LogP contribution is -2.39. The Morgan fingerprint density at radius 3 is 2.31 bits per heavy atom. The van der Waals surface area contributed by atoms with E-state index >= 15 is 0 Å². The minimum Gasteiger partial charge on any atom is -0.508 e. The van der Waals surface area contributed by atoms with E-state index in [-0.39, 0.29) is 46.0 Å². The number of hydrogen-bond acceptors (Lipinski definition) is 5. The molecule has 4 unspecified atom stereocenters. The van der Waals surface area contributed by atoms with Crippen molar-refractivity contribution in [2.24, 2.45) is 17.8 Å². The molecule has 0 radical (unpaired) electrons. The summed E-state index contributed by atoms with van der Waals surface area (Å²) in [6, 6.07) is 13.8. The van der Waals surface area contributed by atoms with Crippen molar-refractivity contribution in [3.8, 4) is 5.75 Å². The Balaban J connectivity index is 1.48. The Morgan fingerprint density at radius 1 is 0.917 bits per heavy atom. The highest BCUT2D eigenvalue weighted by Crippen LogP contribution is 2.55. The summed E-state index contributed by atoms with van der Waals surface area (Å²) in [5.74, 6) is -2.94. The molecule has 1 aliphatic heterocycles. The van der Waals surface area contributed by atoms with Crippen LogP contribution in [0.5, 0.6) is 5.75 Å². The van der Waals surface area contributed by atoms with E-state index in [0.717, 1.165) is 14.7 Å². The summed E-state index contributed by atoms with van der Waals surface area (Å²) < 4.78 is 1.20. The number of phenolic OH excluding ortho intramolecular Hbond substituents is 1. The van der Waals surface area contributed by atoms with Gasteiger partial charge in [0.05, 0.1) is 22.0 Å². The number of carbonyl (C=O) groups is 4. The van der Waals surface area contributed by atoms with Gasteiger partial charge in [-0.05, 0) is 99.2 Å². The van der Waals surface area contributed by atoms with Gasteiger partial charge in [0.1, 0.15) is 5.75 Å². The SMILES string of the molecule is O=C1C=C(Br)C(=O)C2=C1C(c1ccc(O)cc1)C1=CCC3C(=O)N(c4ccc(I)cc4)C(=O)C3C1C2. The lowest BCUT2D eigenvalue weighted by molar-refractivity contribution is -0.123. The zero-order valence-electron chi connectivity index (χ0n) is 18.8. The van der Waals surface area contributed by atoms with Gasteiger partial charge >= 0.3 is 0 Å². The highest BCUT2D eigenvalue weighted by Gasteiger charge is 2.56. The molecule has 1 heterocycles. The molecule has 180 valence electrons. The molecular formula is C28H19BrINO5. The van der Waals surface area contributed by atoms with Crippen molar-refractivity contribution in [2.45, 2.75) is 18.8 Å². The minimum absolute atomic E-state index is 0.0939. The monoisotopic (exact) mass is 655 g/mol. The predicted octanol–water partition coefficient (Wildman–Crippen LogP) is 4.96. The maximum atomic E-state index is 13.8. The molecule has 2 aromatic rings. The van der Waals surface area contributed by atoms with Crippen LogP contribution in [0.15, 0.2) is 81.9 Å². The maximum Gasteiger partial charge on any atom is 0.238 e. The van der Waals surface area contributed by atoms with Crippen LogP contribution in [0, 0.1) is 21.3 Å². The molecule has 0 bridgehead atoms. The lowest BCUT2D eigenvalue weighted by Gasteiger charge is -2.42. The van der Waals surface area contributed by atoms with Crippen LogP contribution in [-0.2, 0) is 19.2 Å². The number of Topliss-reactive ketones (excluding diaryl/α,β-unsaturated/α-hetero) is 1. The highest BCUT2D eigenvalue weighted by atomic mass is 127. The van der Waals surface area contributed by atoms with Crippen molar-refractivity contribution in [1.82, 2.24) is 0 Å². The fourth-order valence-electron chi connectivity index (χ4n) is 6.10. The number of carbonyl (C=O) groups excluding carboxylic acids is 4. The average molecular weight is 656 g/mol. The van der Waals surface area contributed by atoms with E-state index in [9.17, 15) is 24.3 Å². The molecule has 3 aliphatic carbocycles. The normalized spacial score (nSPS) is 27.4. The van der Waals surface area contributed by atoms with E-state index in [1.54, 1.807) is 36.4 Å². The van der Waals surface area contributed by atoms with Gasteiger partial charge in [0.2, 0.25) is 11.8 Å². The zero-order chi connectivity index (χ0) is 25.3. The standard InChI is InChI=1S/C28H19BrINO5/c29-21-12-22(33)25-20(26(21)34)11-19-17(23(25)13-1-7-16(32)8-2-13)9-10-18-24(19)28(36)31(27(18)35)15-5-3-14(30)4-6-15/h1-9,12,18-19,23-24,32H,10-11H2. The summed E-state index contributed by atoms with van der Waals surface area (Å²) >= 11 is 5.41. The number of hydrogen-bond donors (Lipinski definition) is 1. The third kappa shape index (κ3) is 3.48. The number of nitrogens with zero attached hydrogens (tertiary/aromatic N) is 1. The molecule has 2 amide bonds. The van der Waals surface area contributed by atoms with Gasteiger partial charge in [-0.25, -0.2) is 0 Å². The smallest absolute Gasteiger partial charge is 0.238 e. The first-order chi connectivity index (χ1) is 17.3. The molecule has 0 spiro atoms. The topological polar surface area (TPSA) is 91.8 Å². The summed E-state index contributed by atoms with van der Waals surface area (Å²) in [4.78, 5) is 54.9. The first kappa shape index (κ1) is 23.5. The molecule has 36 heavy (non-hydrogen) atoms. The molecule has 0 aromatic heterocycles. The number of ketones is 2. The number of allylic oxidation sites excluding steroid dienone is 6. The van der Waals surface area contributed by atoms with Crippen molar-refractivity contribution in [3.05, 3.63) is 91.0 Å². The lowest BCUT2D eigenvalue weighted by atomic mass is 9.59. The molecule has 8 heteroatoms. The van der Waals surface area contributed by atoms with Gasteiger partial charge in [0, 0.05) is 26.7 Å². The Bertz CT molecular complexity index is 1450. The number of amides is 2. The van der Waals surface area contributed by atoms with Crippen LogP contribution >= 0.6 is 38.5 Å². The highest BCUT2D eigenvalue weighted by molar-refractivity contribution is 14.1. The zero-order valence-corrected chi connectivity index (χ0v) is 22.5. The number of imide groups is 1. The minimum atomic E-state index is -0.613. The van der Waals surface area contributed by atoms with Crippen LogP contribution in [0.1, 0.15) is 24.3 Å². The van der Waals surface area contributed by atoms with Gasteiger partial charge in [0.25, 0.3) is 0 Å². The molecule has 4 aliphatic rings. The van der Waals surface area contributed by atoms with Crippen molar-refractivity contribution in [1.29, 1.82) is 0 Å². The van der Waals surface area contributed by atoms with E-state index < -0.39 is 17.8 Å². The number of benzene rings is 2. The quantitative estimate of drug-likeness (QED) is 0.214. The number of anilines is 1. The van der Waals surface area contributed by atoms with Crippen molar-refractivity contribution in [3.63, 3.8) is 0 Å². The summed E-state index contributed by atoms with van der Waals surface area (Å²) in [5.41, 5.74) is 3.00. The van der Waals surface area contributed by atoms with Gasteiger partial charge in [-0.15, -0.1) is 0 Å². The van der Waals surface area contributed by atoms with E-state index in [1.165, 1.54) is 11.0 Å². The second kappa shape index (κ2) is 8.62. The Kier molecular flexibility index (Phi) is 5.64. The van der Waals surface area contributed by atoms with E-state index in [2.05, 4.69) is 38.5 Å². The van der Waals surface area contributed by atoms with Crippen LogP contribution in [0.3, 0.4) is 0 Å². The van der Waals surface area contributed by atoms with Gasteiger partial charge in [-0.1, -0.05) is 23.8 Å². The Morgan fingerprint density at radius 2 is 1.61 bits per heavy atom. The van der Waals surface area contributed by atoms with Gasteiger partial charge in [-0.3, -0.25) is 24.1 Å². The second-order valence-electron chi connectivity index (χ2n) is 9.47. The molecule has 1 saturated heterocycles. The fraction of sp³-hybridized carbons (Fsp3) is 0.214. The number of phenols is 1. The first-order valence-corrected chi connectivity index (χ1v) is 13.4. The van der Waals surface area contributed by atoms with Crippen LogP contribution < -0.4 is 4.90 Å².